The fourth-order valence-corrected chi connectivity index (χ4v) is 5.61. The zero-order chi connectivity index (χ0) is 31.2. The predicted octanol–water partition coefficient (Wildman–Crippen LogP) is 5.16. The van der Waals surface area contributed by atoms with Crippen LogP contribution in [0.15, 0.2) is 59.8 Å². The first-order valence-electron chi connectivity index (χ1n) is 12.7. The van der Waals surface area contributed by atoms with Crippen LogP contribution >= 0.6 is 0 Å². The molecule has 1 aromatic carbocycles. The van der Waals surface area contributed by atoms with Crippen LogP contribution in [-0.2, 0) is 14.8 Å². The van der Waals surface area contributed by atoms with Crippen molar-refractivity contribution in [2.75, 3.05) is 29.8 Å². The van der Waals surface area contributed by atoms with E-state index in [0.29, 0.717) is 11.7 Å². The number of carboxylic acids is 1. The first-order chi connectivity index (χ1) is 19.6. The molecule has 2 N–H and O–H groups in total. The normalized spacial score (nSPS) is 15.3. The van der Waals surface area contributed by atoms with Crippen molar-refractivity contribution >= 4 is 27.5 Å². The van der Waals surface area contributed by atoms with Crippen molar-refractivity contribution < 1.29 is 40.3 Å². The lowest BCUT2D eigenvalue weighted by Crippen LogP contribution is -2.44. The molecule has 0 bridgehead atoms. The number of carboxylic acid groups (broad SMARTS) is 1. The van der Waals surface area contributed by atoms with Gasteiger partial charge >= 0.3 is 12.1 Å². The molecule has 0 saturated carbocycles. The Balaban J connectivity index is 0.000000616. The van der Waals surface area contributed by atoms with Gasteiger partial charge in [-0.2, -0.15) is 26.0 Å². The van der Waals surface area contributed by atoms with Crippen molar-refractivity contribution in [1.82, 2.24) is 14.9 Å². The van der Waals surface area contributed by atoms with Gasteiger partial charge in [0.05, 0.1) is 11.9 Å². The second kappa shape index (κ2) is 13.4. The summed E-state index contributed by atoms with van der Waals surface area (Å²) in [5, 5.41) is 6.38. The Hall–Kier alpha value is -3.85. The molecule has 0 aliphatic carbocycles. The lowest BCUT2D eigenvalue weighted by molar-refractivity contribution is -0.192. The molecule has 3 aromatic rings. The number of nitrogens with one attached hydrogen (secondary N) is 1. The summed E-state index contributed by atoms with van der Waals surface area (Å²) in [5.41, 5.74) is 2.01. The van der Waals surface area contributed by atoms with Gasteiger partial charge in [0.25, 0.3) is 10.0 Å². The third-order valence-corrected chi connectivity index (χ3v) is 8.18. The summed E-state index contributed by atoms with van der Waals surface area (Å²) in [5.74, 6) is -4.79. The van der Waals surface area contributed by atoms with E-state index in [4.69, 9.17) is 9.90 Å². The van der Waals surface area contributed by atoms with E-state index in [1.807, 2.05) is 30.1 Å². The Bertz CT molecular complexity index is 1480. The number of rotatable bonds is 7. The zero-order valence-electron chi connectivity index (χ0n) is 22.9. The van der Waals surface area contributed by atoms with Crippen LogP contribution in [0.4, 0.5) is 33.5 Å². The molecule has 3 heterocycles. The molecular weight excluding hydrogens is 585 g/mol. The van der Waals surface area contributed by atoms with E-state index in [1.165, 1.54) is 30.8 Å². The Morgan fingerprint density at radius 3 is 2.24 bits per heavy atom. The average Bonchev–Trinajstić information content (AvgIpc) is 2.94. The van der Waals surface area contributed by atoms with Gasteiger partial charge in [-0.05, 0) is 44.4 Å². The summed E-state index contributed by atoms with van der Waals surface area (Å²) in [4.78, 5) is 20.7. The molecule has 1 saturated heterocycles. The molecule has 228 valence electrons. The van der Waals surface area contributed by atoms with Crippen molar-refractivity contribution in [1.29, 1.82) is 0 Å². The highest BCUT2D eigenvalue weighted by Crippen LogP contribution is 2.31. The van der Waals surface area contributed by atoms with Crippen molar-refractivity contribution in [2.24, 2.45) is 0 Å². The van der Waals surface area contributed by atoms with Crippen LogP contribution in [0.25, 0.3) is 0 Å². The first-order valence-corrected chi connectivity index (χ1v) is 14.2. The minimum absolute atomic E-state index is 0.172. The highest BCUT2D eigenvalue weighted by atomic mass is 32.2. The third kappa shape index (κ3) is 8.12. The van der Waals surface area contributed by atoms with Crippen molar-refractivity contribution in [3.8, 4) is 0 Å². The molecule has 0 radical (unpaired) electrons. The predicted molar refractivity (Wildman–Crippen MR) is 145 cm³/mol. The topological polar surface area (TPSA) is 116 Å². The van der Waals surface area contributed by atoms with E-state index < -0.39 is 39.0 Å². The van der Waals surface area contributed by atoms with Crippen LogP contribution in [0.1, 0.15) is 36.9 Å². The number of aliphatic carboxylic acids is 1. The molecule has 42 heavy (non-hydrogen) atoms. The molecule has 0 unspecified atom stereocenters. The zero-order valence-corrected chi connectivity index (χ0v) is 23.8. The molecule has 1 aliphatic heterocycles. The number of halogens is 5. The fourth-order valence-electron chi connectivity index (χ4n) is 4.54. The smallest absolute Gasteiger partial charge is 0.475 e. The molecule has 1 fully saturated rings. The quantitative estimate of drug-likeness (QED) is 0.277. The second-order valence-corrected chi connectivity index (χ2v) is 11.2. The molecule has 1 aliphatic rings. The van der Waals surface area contributed by atoms with Gasteiger partial charge in [-0.3, -0.25) is 9.62 Å². The molecule has 0 amide bonds. The summed E-state index contributed by atoms with van der Waals surface area (Å²) >= 11 is 0. The number of aromatic nitrogens is 2. The number of pyridine rings is 2. The van der Waals surface area contributed by atoms with Crippen LogP contribution < -0.4 is 9.62 Å². The summed E-state index contributed by atoms with van der Waals surface area (Å²) in [6.45, 7) is 5.54. The highest BCUT2D eigenvalue weighted by Gasteiger charge is 2.38. The SMILES string of the molecule is Cc1c(N(C)C2CCN([C@H](C)c3ccccc3)CC2)cnc(S(=O)(=O)Nc2cccc(F)n2)c1F.O=C(O)C(F)(F)F. The van der Waals surface area contributed by atoms with Crippen LogP contribution in [-0.4, -0.2) is 66.7 Å². The maximum Gasteiger partial charge on any atom is 0.490 e. The van der Waals surface area contributed by atoms with Gasteiger partial charge in [0.1, 0.15) is 5.82 Å². The maximum atomic E-state index is 15.2. The number of nitrogens with zero attached hydrogens (tertiary/aromatic N) is 4. The summed E-state index contributed by atoms with van der Waals surface area (Å²) in [7, 11) is -2.50. The van der Waals surface area contributed by atoms with E-state index in [0.717, 1.165) is 32.0 Å². The summed E-state index contributed by atoms with van der Waals surface area (Å²) < 4.78 is 87.7. The molecule has 0 spiro atoms. The number of carbonyl (C=O) groups is 1. The van der Waals surface area contributed by atoms with E-state index in [2.05, 4.69) is 38.6 Å². The van der Waals surface area contributed by atoms with Gasteiger partial charge in [-0.25, -0.2) is 19.2 Å². The Morgan fingerprint density at radius 1 is 1.10 bits per heavy atom. The standard InChI is InChI=1S/C25H29F2N5O2S.C2HF3O2/c1-17-21(16-28-25(24(17)27)35(33,34)30-23-11-7-10-22(26)29-23)31(3)20-12-14-32(15-13-20)18(2)19-8-5-4-6-9-19;3-2(4,5)1(6)7/h4-11,16,18,20H,12-15H2,1-3H3,(H,29,30);(H,6,7)/t18-;/m1./s1. The number of sulfonamides is 1. The van der Waals surface area contributed by atoms with E-state index in [-0.39, 0.29) is 17.4 Å². The van der Waals surface area contributed by atoms with E-state index >= 15 is 4.39 Å². The highest BCUT2D eigenvalue weighted by molar-refractivity contribution is 7.92. The monoisotopic (exact) mass is 615 g/mol. The Kier molecular flexibility index (Phi) is 10.4. The van der Waals surface area contributed by atoms with E-state index in [9.17, 15) is 26.0 Å². The van der Waals surface area contributed by atoms with Crippen LogP contribution in [0, 0.1) is 18.7 Å². The number of likely N-dealkylation sites (tertiary alicyclic amines) is 1. The molecular formula is C27H30F5N5O4S. The van der Waals surface area contributed by atoms with Crippen LogP contribution in [0.2, 0.25) is 0 Å². The minimum Gasteiger partial charge on any atom is -0.475 e. The number of anilines is 2. The first kappa shape index (κ1) is 32.7. The maximum absolute atomic E-state index is 15.2. The summed E-state index contributed by atoms with van der Waals surface area (Å²) in [6, 6.07) is 14.5. The lowest BCUT2D eigenvalue weighted by Gasteiger charge is -2.40. The number of hydrogen-bond donors (Lipinski definition) is 2. The van der Waals surface area contributed by atoms with Gasteiger partial charge in [0.15, 0.2) is 5.82 Å². The molecule has 1 atom stereocenters. The molecule has 4 rings (SSSR count). The van der Waals surface area contributed by atoms with Gasteiger partial charge in [-0.15, -0.1) is 0 Å². The van der Waals surface area contributed by atoms with Crippen LogP contribution in [0.5, 0.6) is 0 Å². The molecule has 15 heteroatoms. The molecule has 9 nitrogen and oxygen atoms in total. The van der Waals surface area contributed by atoms with Crippen molar-refractivity contribution in [3.05, 3.63) is 77.6 Å². The number of piperidine rings is 1. The minimum atomic E-state index is -5.08. The summed E-state index contributed by atoms with van der Waals surface area (Å²) in [6.07, 6.45) is -1.92. The van der Waals surface area contributed by atoms with Crippen molar-refractivity contribution in [2.45, 2.75) is 50.0 Å². The Morgan fingerprint density at radius 2 is 1.69 bits per heavy atom. The largest absolute Gasteiger partial charge is 0.490 e. The van der Waals surface area contributed by atoms with Gasteiger partial charge in [-0.1, -0.05) is 36.4 Å². The number of hydrogen-bond acceptors (Lipinski definition) is 7. The second-order valence-electron chi connectivity index (χ2n) is 9.61. The lowest BCUT2D eigenvalue weighted by atomic mass is 9.98. The number of benzene rings is 1. The fraction of sp³-hybridized carbons (Fsp3) is 0.370. The third-order valence-electron chi connectivity index (χ3n) is 6.91. The van der Waals surface area contributed by atoms with Gasteiger partial charge in [0.2, 0.25) is 11.0 Å². The van der Waals surface area contributed by atoms with E-state index in [1.54, 1.807) is 0 Å². The Labute approximate surface area is 240 Å². The average molecular weight is 616 g/mol. The van der Waals surface area contributed by atoms with Gasteiger partial charge in [0, 0.05) is 37.8 Å². The van der Waals surface area contributed by atoms with Gasteiger partial charge < -0.3 is 10.0 Å². The van der Waals surface area contributed by atoms with Crippen LogP contribution in [0.3, 0.4) is 0 Å². The number of alkyl halides is 3. The van der Waals surface area contributed by atoms with Crippen molar-refractivity contribution in [3.63, 3.8) is 0 Å². The molecule has 2 aromatic heterocycles.